The minimum Gasteiger partial charge on any atom is -0.464 e. The molecule has 7 nitrogen and oxygen atoms in total. The van der Waals surface area contributed by atoms with Crippen molar-refractivity contribution in [2.24, 2.45) is 5.16 Å². The molecule has 18 heavy (non-hydrogen) atoms. The van der Waals surface area contributed by atoms with E-state index in [0.717, 1.165) is 7.11 Å². The first-order chi connectivity index (χ1) is 8.67. The summed E-state index contributed by atoms with van der Waals surface area (Å²) < 4.78 is 9.33. The maximum Gasteiger partial charge on any atom is 0.365 e. The zero-order valence-electron chi connectivity index (χ0n) is 9.28. The van der Waals surface area contributed by atoms with Gasteiger partial charge in [-0.1, -0.05) is 17.3 Å². The van der Waals surface area contributed by atoms with Crippen LogP contribution in [0.5, 0.6) is 0 Å². The van der Waals surface area contributed by atoms with Crippen molar-refractivity contribution in [2.75, 3.05) is 7.11 Å². The van der Waals surface area contributed by atoms with Crippen molar-refractivity contribution >= 4 is 22.8 Å². The van der Waals surface area contributed by atoms with Crippen molar-refractivity contribution in [2.45, 2.75) is 0 Å². The highest BCUT2D eigenvalue weighted by molar-refractivity contribution is 6.42. The third-order valence-corrected chi connectivity index (χ3v) is 2.20. The van der Waals surface area contributed by atoms with E-state index in [2.05, 4.69) is 14.9 Å². The molecule has 1 aromatic heterocycles. The van der Waals surface area contributed by atoms with E-state index in [9.17, 15) is 9.59 Å². The lowest BCUT2D eigenvalue weighted by Crippen LogP contribution is -2.25. The minimum atomic E-state index is -0.979. The molecule has 0 saturated heterocycles. The van der Waals surface area contributed by atoms with Crippen LogP contribution in [-0.2, 0) is 9.53 Å². The summed E-state index contributed by atoms with van der Waals surface area (Å²) >= 11 is 0. The van der Waals surface area contributed by atoms with Gasteiger partial charge >= 0.3 is 11.6 Å². The highest BCUT2D eigenvalue weighted by Gasteiger charge is 2.22. The molecule has 1 N–H and O–H groups in total. The number of methoxy groups -OCH3 is 1. The zero-order chi connectivity index (χ0) is 13.1. The van der Waals surface area contributed by atoms with Crippen molar-refractivity contribution in [3.05, 3.63) is 40.4 Å². The van der Waals surface area contributed by atoms with Gasteiger partial charge in [-0.2, -0.15) is 0 Å². The second-order valence-corrected chi connectivity index (χ2v) is 3.26. The van der Waals surface area contributed by atoms with Gasteiger partial charge in [0.15, 0.2) is 11.3 Å². The molecule has 0 fully saturated rings. The van der Waals surface area contributed by atoms with Crippen LogP contribution in [0.4, 0.5) is 0 Å². The monoisotopic (exact) mass is 248 g/mol. The number of fused-ring (bicyclic) bond motifs is 1. The summed E-state index contributed by atoms with van der Waals surface area (Å²) in [6.07, 6.45) is 0. The summed E-state index contributed by atoms with van der Waals surface area (Å²) in [5.74, 6) is -0.979. The van der Waals surface area contributed by atoms with E-state index in [1.807, 2.05) is 0 Å². The normalized spacial score (nSPS) is 11.5. The van der Waals surface area contributed by atoms with Crippen molar-refractivity contribution < 1.29 is 19.2 Å². The number of rotatable bonds is 2. The molecule has 1 heterocycles. The number of hydrogen-bond acceptors (Lipinski definition) is 7. The number of oxime groups is 1. The summed E-state index contributed by atoms with van der Waals surface area (Å²) in [4.78, 5) is 26.8. The average molecular weight is 248 g/mol. The average Bonchev–Trinajstić information content (AvgIpc) is 2.39. The Morgan fingerprint density at radius 1 is 1.44 bits per heavy atom. The van der Waals surface area contributed by atoms with E-state index in [1.54, 1.807) is 24.3 Å². The number of esters is 1. The van der Waals surface area contributed by atoms with Crippen LogP contribution in [0.25, 0.3) is 11.1 Å². The van der Waals surface area contributed by atoms with E-state index in [4.69, 9.17) is 9.62 Å². The topological polar surface area (TPSA) is 102 Å². The molecule has 0 unspecified atom stereocenters. The van der Waals surface area contributed by atoms with E-state index < -0.39 is 23.0 Å². The number of benzene rings is 1. The van der Waals surface area contributed by atoms with Crippen LogP contribution in [0, 0.1) is 0 Å². The van der Waals surface area contributed by atoms with Crippen LogP contribution < -0.4 is 5.63 Å². The van der Waals surface area contributed by atoms with Crippen LogP contribution in [0.2, 0.25) is 0 Å². The third kappa shape index (κ3) is 1.93. The quantitative estimate of drug-likeness (QED) is 0.360. The third-order valence-electron chi connectivity index (χ3n) is 2.20. The Morgan fingerprint density at radius 3 is 2.83 bits per heavy atom. The SMILES string of the molecule is COC(=O)/C(=N\O)c1nc2ccccc2oc1=O. The number of ether oxygens (including phenoxy) is 1. The van der Waals surface area contributed by atoms with Crippen LogP contribution in [0.15, 0.2) is 38.6 Å². The molecule has 0 spiro atoms. The van der Waals surface area contributed by atoms with Gasteiger partial charge in [-0.3, -0.25) is 0 Å². The van der Waals surface area contributed by atoms with Gasteiger partial charge in [0.2, 0.25) is 5.71 Å². The highest BCUT2D eigenvalue weighted by atomic mass is 16.5. The molecule has 0 saturated carbocycles. The Labute approximate surface area is 100 Å². The molecule has 0 aliphatic rings. The predicted octanol–water partition coefficient (Wildman–Crippen LogP) is 0.539. The zero-order valence-corrected chi connectivity index (χ0v) is 9.28. The van der Waals surface area contributed by atoms with Crippen molar-refractivity contribution in [3.8, 4) is 0 Å². The van der Waals surface area contributed by atoms with Gasteiger partial charge in [-0.15, -0.1) is 0 Å². The van der Waals surface area contributed by atoms with Crippen LogP contribution in [0.1, 0.15) is 5.69 Å². The van der Waals surface area contributed by atoms with Gasteiger partial charge in [0.05, 0.1) is 7.11 Å². The molecule has 0 radical (unpaired) electrons. The lowest BCUT2D eigenvalue weighted by molar-refractivity contribution is -0.132. The van der Waals surface area contributed by atoms with Gasteiger partial charge in [-0.25, -0.2) is 14.6 Å². The molecule has 0 aliphatic carbocycles. The lowest BCUT2D eigenvalue weighted by atomic mass is 10.2. The molecule has 7 heteroatoms. The summed E-state index contributed by atoms with van der Waals surface area (Å²) in [6.45, 7) is 0. The summed E-state index contributed by atoms with van der Waals surface area (Å²) in [5.41, 5.74) is -1.25. The number of carbonyl (C=O) groups is 1. The molecule has 1 aromatic carbocycles. The fourth-order valence-electron chi connectivity index (χ4n) is 1.38. The van der Waals surface area contributed by atoms with E-state index >= 15 is 0 Å². The fraction of sp³-hybridized carbons (Fsp3) is 0.0909. The summed E-state index contributed by atoms with van der Waals surface area (Å²) in [7, 11) is 1.09. The Hall–Kier alpha value is -2.70. The smallest absolute Gasteiger partial charge is 0.365 e. The number of carbonyl (C=O) groups excluding carboxylic acids is 1. The van der Waals surface area contributed by atoms with Gasteiger partial charge in [0.25, 0.3) is 0 Å². The second kappa shape index (κ2) is 4.66. The van der Waals surface area contributed by atoms with Crippen molar-refractivity contribution in [1.29, 1.82) is 0 Å². The highest BCUT2D eigenvalue weighted by Crippen LogP contribution is 2.09. The molecule has 2 aromatic rings. The van der Waals surface area contributed by atoms with Crippen molar-refractivity contribution in [1.82, 2.24) is 4.98 Å². The largest absolute Gasteiger partial charge is 0.464 e. The summed E-state index contributed by atoms with van der Waals surface area (Å²) in [6, 6.07) is 6.51. The molecule has 92 valence electrons. The first kappa shape index (κ1) is 11.8. The Morgan fingerprint density at radius 2 is 2.17 bits per heavy atom. The van der Waals surface area contributed by atoms with Crippen LogP contribution >= 0.6 is 0 Å². The Kier molecular flexibility index (Phi) is 3.05. The van der Waals surface area contributed by atoms with Crippen LogP contribution in [0.3, 0.4) is 0 Å². The van der Waals surface area contributed by atoms with E-state index in [1.165, 1.54) is 0 Å². The maximum atomic E-state index is 11.6. The Balaban J connectivity index is 2.68. The molecule has 0 atom stereocenters. The van der Waals surface area contributed by atoms with Gasteiger partial charge in [0, 0.05) is 0 Å². The number of nitrogens with zero attached hydrogens (tertiary/aromatic N) is 2. The minimum absolute atomic E-state index is 0.272. The molecular weight excluding hydrogens is 240 g/mol. The second-order valence-electron chi connectivity index (χ2n) is 3.26. The summed E-state index contributed by atoms with van der Waals surface area (Å²) in [5, 5.41) is 11.5. The number of para-hydroxylation sites is 2. The first-order valence-corrected chi connectivity index (χ1v) is 4.88. The number of hydrogen-bond donors (Lipinski definition) is 1. The van der Waals surface area contributed by atoms with Crippen molar-refractivity contribution in [3.63, 3.8) is 0 Å². The molecular formula is C11H8N2O5. The standard InChI is InChI=1S/C11H8N2O5/c1-17-10(14)9(13-16)8-11(15)18-7-5-3-2-4-6(7)12-8/h2-5,16H,1H3/b13-9-. The predicted molar refractivity (Wildman–Crippen MR) is 60.6 cm³/mol. The van der Waals surface area contributed by atoms with Gasteiger partial charge in [0.1, 0.15) is 5.52 Å². The van der Waals surface area contributed by atoms with E-state index in [-0.39, 0.29) is 5.58 Å². The van der Waals surface area contributed by atoms with Gasteiger partial charge in [-0.05, 0) is 12.1 Å². The molecule has 2 rings (SSSR count). The molecule has 0 aliphatic heterocycles. The first-order valence-electron chi connectivity index (χ1n) is 4.88. The van der Waals surface area contributed by atoms with Gasteiger partial charge < -0.3 is 14.4 Å². The molecule has 0 bridgehead atoms. The maximum absolute atomic E-state index is 11.6. The van der Waals surface area contributed by atoms with Crippen LogP contribution in [-0.4, -0.2) is 29.0 Å². The molecule has 0 amide bonds. The van der Waals surface area contributed by atoms with E-state index in [0.29, 0.717) is 5.52 Å². The number of aromatic nitrogens is 1. The fourth-order valence-corrected chi connectivity index (χ4v) is 1.38. The Bertz CT molecular complexity index is 689. The lowest BCUT2D eigenvalue weighted by Gasteiger charge is -2.01.